The lowest BCUT2D eigenvalue weighted by atomic mass is 10.1. The third kappa shape index (κ3) is 2.52. The van der Waals surface area contributed by atoms with E-state index in [0.29, 0.717) is 4.70 Å². The summed E-state index contributed by atoms with van der Waals surface area (Å²) in [6, 6.07) is 3.81. The fourth-order valence-electron chi connectivity index (χ4n) is 1.57. The van der Waals surface area contributed by atoms with Gasteiger partial charge in [0.25, 0.3) is 0 Å². The highest BCUT2D eigenvalue weighted by atomic mass is 32.1. The third-order valence-corrected chi connectivity index (χ3v) is 3.18. The second kappa shape index (κ2) is 4.18. The van der Waals surface area contributed by atoms with Crippen LogP contribution < -0.4 is 0 Å². The topological polar surface area (TPSA) is 0 Å². The summed E-state index contributed by atoms with van der Waals surface area (Å²) < 4.78 is 38.2. The molecule has 0 saturated heterocycles. The molecule has 1 radical (unpaired) electrons. The van der Waals surface area contributed by atoms with E-state index < -0.39 is 11.7 Å². The summed E-state index contributed by atoms with van der Waals surface area (Å²) in [6.45, 7) is 3.89. The molecule has 4 heteroatoms. The molecular formula is C13H10F3S. The van der Waals surface area contributed by atoms with Crippen molar-refractivity contribution in [3.8, 4) is 0 Å². The number of hydrogen-bond donors (Lipinski definition) is 0. The van der Waals surface area contributed by atoms with E-state index in [2.05, 4.69) is 5.38 Å². The maximum Gasteiger partial charge on any atom is 0.416 e. The van der Waals surface area contributed by atoms with E-state index in [0.717, 1.165) is 22.6 Å². The normalized spacial score (nSPS) is 11.8. The van der Waals surface area contributed by atoms with Gasteiger partial charge in [0.1, 0.15) is 0 Å². The number of benzene rings is 1. The minimum Gasteiger partial charge on any atom is -0.166 e. The highest BCUT2D eigenvalue weighted by Crippen LogP contribution is 2.34. The van der Waals surface area contributed by atoms with Crippen molar-refractivity contribution in [2.24, 2.45) is 0 Å². The van der Waals surface area contributed by atoms with Gasteiger partial charge in [0, 0.05) is 15.6 Å². The van der Waals surface area contributed by atoms with E-state index in [-0.39, 0.29) is 0 Å². The van der Waals surface area contributed by atoms with E-state index in [1.165, 1.54) is 23.5 Å². The third-order valence-electron chi connectivity index (χ3n) is 2.30. The molecule has 1 heterocycles. The summed E-state index contributed by atoms with van der Waals surface area (Å²) in [4.78, 5) is 0. The molecule has 0 amide bonds. The van der Waals surface area contributed by atoms with Crippen LogP contribution in [-0.2, 0) is 6.18 Å². The van der Waals surface area contributed by atoms with Crippen LogP contribution in [0.3, 0.4) is 0 Å². The van der Waals surface area contributed by atoms with Gasteiger partial charge in [0.2, 0.25) is 0 Å². The van der Waals surface area contributed by atoms with Gasteiger partial charge in [-0.1, -0.05) is 17.7 Å². The molecule has 0 aliphatic heterocycles. The molecule has 2 aromatic rings. The van der Waals surface area contributed by atoms with E-state index in [1.807, 2.05) is 19.9 Å². The zero-order valence-electron chi connectivity index (χ0n) is 9.35. The van der Waals surface area contributed by atoms with Crippen molar-refractivity contribution in [3.05, 3.63) is 40.3 Å². The summed E-state index contributed by atoms with van der Waals surface area (Å²) in [6.07, 6.45) is -2.36. The van der Waals surface area contributed by atoms with Gasteiger partial charge in [0.15, 0.2) is 0 Å². The van der Waals surface area contributed by atoms with Crippen molar-refractivity contribution in [1.29, 1.82) is 0 Å². The van der Waals surface area contributed by atoms with Gasteiger partial charge >= 0.3 is 6.18 Å². The first-order chi connectivity index (χ1) is 7.88. The number of fused-ring (bicyclic) bond motifs is 1. The first-order valence-electron chi connectivity index (χ1n) is 5.04. The number of thiophene rings is 1. The fourth-order valence-corrected chi connectivity index (χ4v) is 2.43. The summed E-state index contributed by atoms with van der Waals surface area (Å²) >= 11 is 1.22. The van der Waals surface area contributed by atoms with Gasteiger partial charge in [-0.15, -0.1) is 11.3 Å². The predicted molar refractivity (Wildman–Crippen MR) is 65.0 cm³/mol. The van der Waals surface area contributed by atoms with Crippen LogP contribution in [0.25, 0.3) is 16.2 Å². The van der Waals surface area contributed by atoms with E-state index >= 15 is 0 Å². The first kappa shape index (κ1) is 12.2. The highest BCUT2D eigenvalue weighted by molar-refractivity contribution is 7.17. The zero-order valence-corrected chi connectivity index (χ0v) is 10.2. The van der Waals surface area contributed by atoms with Crippen molar-refractivity contribution in [2.45, 2.75) is 20.0 Å². The Morgan fingerprint density at radius 2 is 2.00 bits per heavy atom. The Morgan fingerprint density at radius 3 is 2.59 bits per heavy atom. The SMILES string of the molecule is CC(C)=Cc1[c]sc2cc(C(F)(F)F)ccc12. The molecule has 89 valence electrons. The van der Waals surface area contributed by atoms with Gasteiger partial charge in [-0.3, -0.25) is 0 Å². The smallest absolute Gasteiger partial charge is 0.166 e. The lowest BCUT2D eigenvalue weighted by molar-refractivity contribution is -0.137. The van der Waals surface area contributed by atoms with Crippen molar-refractivity contribution in [2.75, 3.05) is 0 Å². The molecule has 0 saturated carbocycles. The van der Waals surface area contributed by atoms with Crippen LogP contribution in [0.2, 0.25) is 0 Å². The summed E-state index contributed by atoms with van der Waals surface area (Å²) in [5.41, 5.74) is 1.35. The lowest BCUT2D eigenvalue weighted by Crippen LogP contribution is -2.03. The Bertz CT molecular complexity index is 572. The van der Waals surface area contributed by atoms with Crippen molar-refractivity contribution in [1.82, 2.24) is 0 Å². The van der Waals surface area contributed by atoms with Gasteiger partial charge in [-0.25, -0.2) is 0 Å². The number of allylic oxidation sites excluding steroid dienone is 1. The van der Waals surface area contributed by atoms with E-state index in [1.54, 1.807) is 0 Å². The molecule has 0 unspecified atom stereocenters. The van der Waals surface area contributed by atoms with E-state index in [9.17, 15) is 13.2 Å². The maximum absolute atomic E-state index is 12.5. The molecule has 0 aliphatic rings. The van der Waals surface area contributed by atoms with Crippen LogP contribution >= 0.6 is 11.3 Å². The van der Waals surface area contributed by atoms with Gasteiger partial charge in [-0.05, 0) is 26.0 Å². The molecule has 0 N–H and O–H groups in total. The lowest BCUT2D eigenvalue weighted by Gasteiger charge is -2.05. The minimum absolute atomic E-state index is 0.607. The second-order valence-corrected chi connectivity index (χ2v) is 4.90. The average Bonchev–Trinajstić information content (AvgIpc) is 2.59. The Hall–Kier alpha value is -1.29. The maximum atomic E-state index is 12.5. The Balaban J connectivity index is 2.56. The van der Waals surface area contributed by atoms with Crippen molar-refractivity contribution in [3.63, 3.8) is 0 Å². The zero-order chi connectivity index (χ0) is 12.6. The molecule has 0 atom stereocenters. The van der Waals surface area contributed by atoms with Crippen LogP contribution in [0.4, 0.5) is 13.2 Å². The van der Waals surface area contributed by atoms with Gasteiger partial charge in [0.05, 0.1) is 10.9 Å². The molecule has 17 heavy (non-hydrogen) atoms. The largest absolute Gasteiger partial charge is 0.416 e. The Morgan fingerprint density at radius 1 is 1.29 bits per heavy atom. The minimum atomic E-state index is -4.28. The molecule has 2 rings (SSSR count). The van der Waals surface area contributed by atoms with Crippen LogP contribution in [0.5, 0.6) is 0 Å². The quantitative estimate of drug-likeness (QED) is 0.661. The first-order valence-corrected chi connectivity index (χ1v) is 5.86. The van der Waals surface area contributed by atoms with Crippen molar-refractivity contribution >= 4 is 27.5 Å². The standard InChI is InChI=1S/C13H10F3S/c1-8(2)5-9-7-17-12-6-10(13(14,15)16)3-4-11(9)12/h3-6H,1-2H3. The Labute approximate surface area is 101 Å². The van der Waals surface area contributed by atoms with Crippen molar-refractivity contribution < 1.29 is 13.2 Å². The molecule has 0 fully saturated rings. The molecule has 0 spiro atoms. The molecule has 1 aromatic carbocycles. The summed E-state index contributed by atoms with van der Waals surface area (Å²) in [5.74, 6) is 0. The van der Waals surface area contributed by atoms with Gasteiger partial charge < -0.3 is 0 Å². The monoisotopic (exact) mass is 255 g/mol. The van der Waals surface area contributed by atoms with Gasteiger partial charge in [-0.2, -0.15) is 13.2 Å². The fraction of sp³-hybridized carbons (Fsp3) is 0.231. The highest BCUT2D eigenvalue weighted by Gasteiger charge is 2.30. The van der Waals surface area contributed by atoms with Crippen LogP contribution in [0, 0.1) is 5.38 Å². The molecular weight excluding hydrogens is 245 g/mol. The number of hydrogen-bond acceptors (Lipinski definition) is 1. The molecule has 0 nitrogen and oxygen atoms in total. The number of halogens is 3. The van der Waals surface area contributed by atoms with Crippen LogP contribution in [0.15, 0.2) is 23.8 Å². The predicted octanol–water partition coefficient (Wildman–Crippen LogP) is 5.14. The second-order valence-electron chi connectivity index (χ2n) is 4.05. The molecule has 0 bridgehead atoms. The average molecular weight is 255 g/mol. The number of alkyl halides is 3. The Kier molecular flexibility index (Phi) is 3.00. The van der Waals surface area contributed by atoms with Crippen LogP contribution in [0.1, 0.15) is 25.0 Å². The summed E-state index contributed by atoms with van der Waals surface area (Å²) in [7, 11) is 0. The molecule has 1 aromatic heterocycles. The summed E-state index contributed by atoms with van der Waals surface area (Å²) in [5, 5.41) is 3.84. The molecule has 0 aliphatic carbocycles. The number of rotatable bonds is 1. The van der Waals surface area contributed by atoms with Crippen LogP contribution in [-0.4, -0.2) is 0 Å². The van der Waals surface area contributed by atoms with E-state index in [4.69, 9.17) is 0 Å².